The van der Waals surface area contributed by atoms with Crippen LogP contribution in [0, 0.1) is 5.41 Å². The summed E-state index contributed by atoms with van der Waals surface area (Å²) >= 11 is 0. The van der Waals surface area contributed by atoms with Crippen LogP contribution in [0.1, 0.15) is 35.7 Å². The number of hydrogen-bond acceptors (Lipinski definition) is 3. The fraction of sp³-hybridized carbons (Fsp3) is 0.562. The summed E-state index contributed by atoms with van der Waals surface area (Å²) in [7, 11) is 0. The fourth-order valence-electron chi connectivity index (χ4n) is 2.47. The molecular formula is C16H24N2O2. The van der Waals surface area contributed by atoms with Gasteiger partial charge in [-0.15, -0.1) is 0 Å². The summed E-state index contributed by atoms with van der Waals surface area (Å²) < 4.78 is 5.37. The molecular weight excluding hydrogens is 252 g/mol. The maximum absolute atomic E-state index is 12.2. The van der Waals surface area contributed by atoms with Crippen molar-refractivity contribution in [2.75, 3.05) is 26.3 Å². The van der Waals surface area contributed by atoms with E-state index in [2.05, 4.69) is 12.2 Å². The van der Waals surface area contributed by atoms with E-state index in [1.807, 2.05) is 24.3 Å². The number of nitrogens with two attached hydrogens (primary N) is 1. The molecule has 1 aliphatic heterocycles. The van der Waals surface area contributed by atoms with E-state index < -0.39 is 0 Å². The van der Waals surface area contributed by atoms with Crippen molar-refractivity contribution in [3.8, 4) is 0 Å². The SMILES string of the molecule is CC1(CNC(=O)c2cccc(CCN)c2)CCOCC1. The van der Waals surface area contributed by atoms with E-state index in [9.17, 15) is 4.79 Å². The minimum Gasteiger partial charge on any atom is -0.381 e. The summed E-state index contributed by atoms with van der Waals surface area (Å²) in [5.41, 5.74) is 7.53. The molecule has 1 aliphatic rings. The first-order chi connectivity index (χ1) is 9.63. The highest BCUT2D eigenvalue weighted by Crippen LogP contribution is 2.28. The molecule has 20 heavy (non-hydrogen) atoms. The molecule has 0 bridgehead atoms. The van der Waals surface area contributed by atoms with Crippen LogP contribution >= 0.6 is 0 Å². The van der Waals surface area contributed by atoms with Gasteiger partial charge in [0.1, 0.15) is 0 Å². The predicted molar refractivity (Wildman–Crippen MR) is 79.7 cm³/mol. The number of carbonyl (C=O) groups excluding carboxylic acids is 1. The van der Waals surface area contributed by atoms with Crippen LogP contribution in [0.4, 0.5) is 0 Å². The van der Waals surface area contributed by atoms with Gasteiger partial charge in [0.15, 0.2) is 0 Å². The maximum Gasteiger partial charge on any atom is 0.251 e. The van der Waals surface area contributed by atoms with Gasteiger partial charge in [-0.1, -0.05) is 19.1 Å². The Morgan fingerprint density at radius 3 is 2.85 bits per heavy atom. The molecule has 1 aromatic rings. The summed E-state index contributed by atoms with van der Waals surface area (Å²) in [6, 6.07) is 7.69. The van der Waals surface area contributed by atoms with Crippen LogP contribution in [0.15, 0.2) is 24.3 Å². The molecule has 2 rings (SSSR count). The zero-order valence-corrected chi connectivity index (χ0v) is 12.2. The van der Waals surface area contributed by atoms with Gasteiger partial charge in [0, 0.05) is 25.3 Å². The Kier molecular flexibility index (Phi) is 5.15. The van der Waals surface area contributed by atoms with E-state index in [0.29, 0.717) is 18.7 Å². The molecule has 0 atom stereocenters. The first-order valence-corrected chi connectivity index (χ1v) is 7.28. The molecule has 0 spiro atoms. The summed E-state index contributed by atoms with van der Waals surface area (Å²) in [5.74, 6) is -0.00316. The van der Waals surface area contributed by atoms with Crippen molar-refractivity contribution in [3.05, 3.63) is 35.4 Å². The topological polar surface area (TPSA) is 64.4 Å². The normalized spacial score (nSPS) is 17.7. The lowest BCUT2D eigenvalue weighted by Gasteiger charge is -2.33. The summed E-state index contributed by atoms with van der Waals surface area (Å²) in [6.45, 7) is 5.09. The van der Waals surface area contributed by atoms with E-state index in [1.54, 1.807) is 0 Å². The molecule has 110 valence electrons. The second-order valence-corrected chi connectivity index (χ2v) is 5.84. The molecule has 4 nitrogen and oxygen atoms in total. The molecule has 0 unspecified atom stereocenters. The smallest absolute Gasteiger partial charge is 0.251 e. The molecule has 4 heteroatoms. The first-order valence-electron chi connectivity index (χ1n) is 7.28. The van der Waals surface area contributed by atoms with Crippen molar-refractivity contribution in [2.24, 2.45) is 11.1 Å². The molecule has 0 saturated carbocycles. The predicted octanol–water partition coefficient (Wildman–Crippen LogP) is 1.73. The van der Waals surface area contributed by atoms with Crippen LogP contribution in [0.25, 0.3) is 0 Å². The Balaban J connectivity index is 1.92. The number of benzene rings is 1. The van der Waals surface area contributed by atoms with E-state index in [0.717, 1.165) is 38.0 Å². The number of amides is 1. The molecule has 3 N–H and O–H groups in total. The molecule has 0 radical (unpaired) electrons. The Hall–Kier alpha value is -1.39. The molecule has 1 fully saturated rings. The maximum atomic E-state index is 12.2. The van der Waals surface area contributed by atoms with E-state index in [-0.39, 0.29) is 11.3 Å². The average molecular weight is 276 g/mol. The summed E-state index contributed by atoms with van der Waals surface area (Å²) in [4.78, 5) is 12.2. The minimum atomic E-state index is -0.00316. The van der Waals surface area contributed by atoms with Gasteiger partial charge < -0.3 is 15.8 Å². The van der Waals surface area contributed by atoms with Crippen molar-refractivity contribution < 1.29 is 9.53 Å². The molecule has 0 aliphatic carbocycles. The van der Waals surface area contributed by atoms with Crippen molar-refractivity contribution in [2.45, 2.75) is 26.2 Å². The van der Waals surface area contributed by atoms with Crippen LogP contribution < -0.4 is 11.1 Å². The van der Waals surface area contributed by atoms with Crippen molar-refractivity contribution in [1.82, 2.24) is 5.32 Å². The molecule has 1 heterocycles. The van der Waals surface area contributed by atoms with Crippen LogP contribution in [0.2, 0.25) is 0 Å². The zero-order chi connectivity index (χ0) is 14.4. The lowest BCUT2D eigenvalue weighted by Crippen LogP contribution is -2.39. The Labute approximate surface area is 120 Å². The van der Waals surface area contributed by atoms with Crippen molar-refractivity contribution in [3.63, 3.8) is 0 Å². The number of carbonyl (C=O) groups is 1. The lowest BCUT2D eigenvalue weighted by molar-refractivity contribution is 0.0238. The van der Waals surface area contributed by atoms with E-state index in [4.69, 9.17) is 10.5 Å². The quantitative estimate of drug-likeness (QED) is 0.861. The van der Waals surface area contributed by atoms with Crippen molar-refractivity contribution in [1.29, 1.82) is 0 Å². The largest absolute Gasteiger partial charge is 0.381 e. The molecule has 1 saturated heterocycles. The molecule has 1 aromatic carbocycles. The fourth-order valence-corrected chi connectivity index (χ4v) is 2.47. The third kappa shape index (κ3) is 4.05. The van der Waals surface area contributed by atoms with Gasteiger partial charge >= 0.3 is 0 Å². The average Bonchev–Trinajstić information content (AvgIpc) is 2.46. The Morgan fingerprint density at radius 1 is 1.40 bits per heavy atom. The lowest BCUT2D eigenvalue weighted by atomic mass is 9.82. The summed E-state index contributed by atoms with van der Waals surface area (Å²) in [5, 5.41) is 3.05. The van der Waals surface area contributed by atoms with Crippen molar-refractivity contribution >= 4 is 5.91 Å². The van der Waals surface area contributed by atoms with Crippen LogP contribution in [-0.4, -0.2) is 32.2 Å². The first kappa shape index (κ1) is 15.0. The third-order valence-corrected chi connectivity index (χ3v) is 4.00. The third-order valence-electron chi connectivity index (χ3n) is 4.00. The van der Waals surface area contributed by atoms with E-state index >= 15 is 0 Å². The highest BCUT2D eigenvalue weighted by molar-refractivity contribution is 5.94. The van der Waals surface area contributed by atoms with Gasteiger partial charge in [-0.25, -0.2) is 0 Å². The van der Waals surface area contributed by atoms with Gasteiger partial charge in [-0.2, -0.15) is 0 Å². The number of ether oxygens (including phenoxy) is 1. The highest BCUT2D eigenvalue weighted by Gasteiger charge is 2.27. The zero-order valence-electron chi connectivity index (χ0n) is 12.2. The minimum absolute atomic E-state index is 0.00316. The Bertz CT molecular complexity index is 454. The van der Waals surface area contributed by atoms with Crippen LogP contribution in [0.5, 0.6) is 0 Å². The summed E-state index contributed by atoms with van der Waals surface area (Å²) in [6.07, 6.45) is 2.80. The Morgan fingerprint density at radius 2 is 2.15 bits per heavy atom. The van der Waals surface area contributed by atoms with E-state index in [1.165, 1.54) is 0 Å². The van der Waals surface area contributed by atoms with Gasteiger partial charge in [-0.3, -0.25) is 4.79 Å². The second kappa shape index (κ2) is 6.86. The number of hydrogen-bond donors (Lipinski definition) is 2. The van der Waals surface area contributed by atoms with Gasteiger partial charge in [0.05, 0.1) is 0 Å². The van der Waals surface area contributed by atoms with Crippen LogP contribution in [-0.2, 0) is 11.2 Å². The second-order valence-electron chi connectivity index (χ2n) is 5.84. The molecule has 1 amide bonds. The molecule has 0 aromatic heterocycles. The highest BCUT2D eigenvalue weighted by atomic mass is 16.5. The number of rotatable bonds is 5. The van der Waals surface area contributed by atoms with Gasteiger partial charge in [-0.05, 0) is 48.9 Å². The standard InChI is InChI=1S/C16H24N2O2/c1-16(6-9-20-10-7-16)12-18-15(19)14-4-2-3-13(11-14)5-8-17/h2-4,11H,5-10,12,17H2,1H3,(H,18,19). The van der Waals surface area contributed by atoms with Gasteiger partial charge in [0.2, 0.25) is 0 Å². The van der Waals surface area contributed by atoms with Crippen LogP contribution in [0.3, 0.4) is 0 Å². The van der Waals surface area contributed by atoms with Gasteiger partial charge in [0.25, 0.3) is 5.91 Å². The number of nitrogens with one attached hydrogen (secondary N) is 1. The monoisotopic (exact) mass is 276 g/mol.